The SMILES string of the molecule is [2H]C([2H])([2H])Oc1cc(F)cc(N(CCO)c2ccc3ncc(-c4cnn(C)c4)nc3c2)c1. The molecule has 0 aliphatic carbocycles. The average Bonchev–Trinajstić information content (AvgIpc) is 3.16. The van der Waals surface area contributed by atoms with E-state index >= 15 is 0 Å². The van der Waals surface area contributed by atoms with E-state index in [2.05, 4.69) is 15.1 Å². The summed E-state index contributed by atoms with van der Waals surface area (Å²) in [5.41, 5.74) is 3.67. The third-order valence-electron chi connectivity index (χ3n) is 4.45. The molecule has 0 fully saturated rings. The quantitative estimate of drug-likeness (QED) is 0.539. The van der Waals surface area contributed by atoms with Crippen LogP contribution in [0.25, 0.3) is 22.3 Å². The van der Waals surface area contributed by atoms with E-state index in [1.807, 2.05) is 13.2 Å². The minimum Gasteiger partial charge on any atom is -0.497 e. The molecule has 2 heterocycles. The minimum atomic E-state index is -2.71. The first-order valence-electron chi connectivity index (χ1n) is 10.4. The molecule has 4 aromatic rings. The summed E-state index contributed by atoms with van der Waals surface area (Å²) in [6.07, 6.45) is 5.18. The van der Waals surface area contributed by atoms with Gasteiger partial charge in [0.2, 0.25) is 0 Å². The van der Waals surface area contributed by atoms with Crippen molar-refractivity contribution in [1.29, 1.82) is 0 Å². The summed E-state index contributed by atoms with van der Waals surface area (Å²) < 4.78 is 42.5. The predicted molar refractivity (Wildman–Crippen MR) is 109 cm³/mol. The van der Waals surface area contributed by atoms with Gasteiger partial charge in [0.05, 0.1) is 46.9 Å². The summed E-state index contributed by atoms with van der Waals surface area (Å²) in [5.74, 6) is -0.800. The number of aryl methyl sites for hydroxylation is 1. The standard InChI is InChI=1S/C21H20FN5O2/c1-26-13-14(11-24-26)21-12-23-19-4-3-16(10-20(19)25-21)27(5-6-28)17-7-15(22)8-18(9-17)29-2/h3-4,7-13,28H,5-6H2,1-2H3/i2D3. The number of hydrogen-bond acceptors (Lipinski definition) is 6. The molecule has 0 saturated heterocycles. The van der Waals surface area contributed by atoms with E-state index in [9.17, 15) is 9.50 Å². The minimum absolute atomic E-state index is 0.137. The number of benzene rings is 2. The maximum atomic E-state index is 14.2. The number of aliphatic hydroxyl groups excluding tert-OH is 1. The molecule has 148 valence electrons. The van der Waals surface area contributed by atoms with Gasteiger partial charge in [-0.3, -0.25) is 9.67 Å². The van der Waals surface area contributed by atoms with Crippen LogP contribution in [0.15, 0.2) is 55.0 Å². The number of rotatable bonds is 6. The Kier molecular flexibility index (Phi) is 4.17. The summed E-state index contributed by atoms with van der Waals surface area (Å²) in [7, 11) is -0.903. The second kappa shape index (κ2) is 7.84. The van der Waals surface area contributed by atoms with Gasteiger partial charge in [-0.25, -0.2) is 9.37 Å². The molecule has 2 aromatic carbocycles. The van der Waals surface area contributed by atoms with E-state index in [0.29, 0.717) is 28.1 Å². The molecule has 0 radical (unpaired) electrons. The van der Waals surface area contributed by atoms with Gasteiger partial charge in [0.25, 0.3) is 0 Å². The Bertz CT molecular complexity index is 1260. The average molecular weight is 396 g/mol. The highest BCUT2D eigenvalue weighted by Crippen LogP contribution is 2.31. The zero-order valence-corrected chi connectivity index (χ0v) is 15.6. The van der Waals surface area contributed by atoms with Gasteiger partial charge in [-0.05, 0) is 24.3 Å². The molecule has 4 rings (SSSR count). The molecule has 29 heavy (non-hydrogen) atoms. The van der Waals surface area contributed by atoms with Crippen molar-refractivity contribution in [2.24, 2.45) is 7.05 Å². The van der Waals surface area contributed by atoms with Crippen molar-refractivity contribution >= 4 is 22.4 Å². The van der Waals surface area contributed by atoms with Crippen LogP contribution in [0.1, 0.15) is 4.11 Å². The van der Waals surface area contributed by atoms with Gasteiger partial charge in [-0.1, -0.05) is 0 Å². The Morgan fingerprint density at radius 2 is 2.07 bits per heavy atom. The van der Waals surface area contributed by atoms with Crippen molar-refractivity contribution in [3.63, 3.8) is 0 Å². The Labute approximate surface area is 171 Å². The first kappa shape index (κ1) is 15.4. The van der Waals surface area contributed by atoms with Gasteiger partial charge in [0.1, 0.15) is 11.6 Å². The normalized spacial score (nSPS) is 13.0. The van der Waals surface area contributed by atoms with Crippen molar-refractivity contribution in [2.75, 3.05) is 25.1 Å². The number of ether oxygens (including phenoxy) is 1. The van der Waals surface area contributed by atoms with Gasteiger partial charge in [-0.2, -0.15) is 5.10 Å². The van der Waals surface area contributed by atoms with Crippen LogP contribution in [0.2, 0.25) is 0 Å². The van der Waals surface area contributed by atoms with Crippen molar-refractivity contribution in [1.82, 2.24) is 19.7 Å². The Hall–Kier alpha value is -3.52. The highest BCUT2D eigenvalue weighted by molar-refractivity contribution is 5.82. The molecule has 0 aliphatic heterocycles. The first-order chi connectivity index (χ1) is 15.2. The van der Waals surface area contributed by atoms with E-state index in [0.717, 1.165) is 11.6 Å². The lowest BCUT2D eigenvalue weighted by molar-refractivity contribution is 0.305. The molecule has 0 unspecified atom stereocenters. The lowest BCUT2D eigenvalue weighted by atomic mass is 10.2. The van der Waals surface area contributed by atoms with Crippen molar-refractivity contribution in [3.05, 3.63) is 60.8 Å². The number of aromatic nitrogens is 4. The fourth-order valence-electron chi connectivity index (χ4n) is 3.13. The van der Waals surface area contributed by atoms with Gasteiger partial charge in [0.15, 0.2) is 0 Å². The summed E-state index contributed by atoms with van der Waals surface area (Å²) in [6.45, 7) is -0.0801. The van der Waals surface area contributed by atoms with E-state index < -0.39 is 12.9 Å². The highest BCUT2D eigenvalue weighted by Gasteiger charge is 2.14. The molecule has 1 N–H and O–H groups in total. The summed E-state index contributed by atoms with van der Waals surface area (Å²) >= 11 is 0. The fraction of sp³-hybridized carbons (Fsp3) is 0.190. The first-order valence-corrected chi connectivity index (χ1v) is 8.86. The molecule has 2 aromatic heterocycles. The topological polar surface area (TPSA) is 76.3 Å². The maximum Gasteiger partial charge on any atom is 0.128 e. The molecular weight excluding hydrogens is 373 g/mol. The molecule has 0 aliphatic rings. The van der Waals surface area contributed by atoms with Crippen molar-refractivity contribution < 1.29 is 18.3 Å². The van der Waals surface area contributed by atoms with Crippen LogP contribution in [0.3, 0.4) is 0 Å². The summed E-state index contributed by atoms with van der Waals surface area (Å²) in [5, 5.41) is 13.7. The van der Waals surface area contributed by atoms with E-state index in [1.165, 1.54) is 12.1 Å². The number of methoxy groups -OCH3 is 1. The molecule has 8 heteroatoms. The second-order valence-corrected chi connectivity index (χ2v) is 6.45. The molecular formula is C21H20FN5O2. The zero-order valence-electron chi connectivity index (χ0n) is 18.6. The predicted octanol–water partition coefficient (Wildman–Crippen LogP) is 3.31. The zero-order chi connectivity index (χ0) is 22.9. The number of halogens is 1. The molecule has 0 saturated carbocycles. The Morgan fingerprint density at radius 1 is 1.17 bits per heavy atom. The molecule has 0 spiro atoms. The van der Waals surface area contributed by atoms with Crippen LogP contribution in [0.5, 0.6) is 5.75 Å². The van der Waals surface area contributed by atoms with Crippen LogP contribution in [-0.2, 0) is 7.05 Å². The maximum absolute atomic E-state index is 14.2. The van der Waals surface area contributed by atoms with Gasteiger partial charge in [-0.15, -0.1) is 0 Å². The number of anilines is 2. The number of nitrogens with zero attached hydrogens (tertiary/aromatic N) is 5. The molecule has 0 amide bonds. The van der Waals surface area contributed by atoms with Gasteiger partial charge in [0, 0.05) is 48.9 Å². The summed E-state index contributed by atoms with van der Waals surface area (Å²) in [6, 6.07) is 8.96. The fourth-order valence-corrected chi connectivity index (χ4v) is 3.13. The van der Waals surface area contributed by atoms with Gasteiger partial charge < -0.3 is 14.7 Å². The highest BCUT2D eigenvalue weighted by atomic mass is 19.1. The van der Waals surface area contributed by atoms with Crippen LogP contribution in [-0.4, -0.2) is 45.0 Å². The largest absolute Gasteiger partial charge is 0.497 e. The van der Waals surface area contributed by atoms with Crippen molar-refractivity contribution in [2.45, 2.75) is 0 Å². The lowest BCUT2D eigenvalue weighted by Crippen LogP contribution is -2.21. The smallest absolute Gasteiger partial charge is 0.128 e. The van der Waals surface area contributed by atoms with Crippen molar-refractivity contribution in [3.8, 4) is 17.0 Å². The number of hydrogen-bond donors (Lipinski definition) is 1. The van der Waals surface area contributed by atoms with Crippen LogP contribution >= 0.6 is 0 Å². The van der Waals surface area contributed by atoms with Gasteiger partial charge >= 0.3 is 0 Å². The monoisotopic (exact) mass is 396 g/mol. The van der Waals surface area contributed by atoms with E-state index in [1.54, 1.807) is 40.2 Å². The summed E-state index contributed by atoms with van der Waals surface area (Å²) in [4.78, 5) is 10.8. The van der Waals surface area contributed by atoms with Crippen LogP contribution < -0.4 is 9.64 Å². The Balaban J connectivity index is 1.75. The third kappa shape index (κ3) is 3.88. The lowest BCUT2D eigenvalue weighted by Gasteiger charge is -2.25. The van der Waals surface area contributed by atoms with Crippen LogP contribution in [0.4, 0.5) is 15.8 Å². The van der Waals surface area contributed by atoms with Crippen LogP contribution in [0, 0.1) is 5.82 Å². The second-order valence-electron chi connectivity index (χ2n) is 6.45. The molecule has 7 nitrogen and oxygen atoms in total. The molecule has 0 bridgehead atoms. The number of aliphatic hydroxyl groups is 1. The van der Waals surface area contributed by atoms with E-state index in [4.69, 9.17) is 8.85 Å². The number of fused-ring (bicyclic) bond motifs is 1. The van der Waals surface area contributed by atoms with E-state index in [-0.39, 0.29) is 18.9 Å². The molecule has 0 atom stereocenters. The Morgan fingerprint density at radius 3 is 2.83 bits per heavy atom. The third-order valence-corrected chi connectivity index (χ3v) is 4.45.